The Bertz CT molecular complexity index is 415. The van der Waals surface area contributed by atoms with Crippen molar-refractivity contribution in [3.05, 3.63) is 23.4 Å². The van der Waals surface area contributed by atoms with Crippen molar-refractivity contribution in [3.8, 4) is 0 Å². The van der Waals surface area contributed by atoms with Crippen molar-refractivity contribution >= 4 is 12.1 Å². The number of aromatic nitrogens is 1. The Labute approximate surface area is 107 Å². The van der Waals surface area contributed by atoms with E-state index in [0.717, 1.165) is 50.4 Å². The van der Waals surface area contributed by atoms with Crippen molar-refractivity contribution in [2.24, 2.45) is 0 Å². The summed E-state index contributed by atoms with van der Waals surface area (Å²) < 4.78 is 0. The molecule has 98 valence electrons. The minimum absolute atomic E-state index is 0.214. The predicted molar refractivity (Wildman–Crippen MR) is 70.1 cm³/mol. The molecule has 2 heterocycles. The van der Waals surface area contributed by atoms with Crippen LogP contribution in [0.2, 0.25) is 0 Å². The number of aryl methyl sites for hydroxylation is 1. The second-order valence-corrected chi connectivity index (χ2v) is 4.58. The van der Waals surface area contributed by atoms with Crippen molar-refractivity contribution in [1.29, 1.82) is 0 Å². The quantitative estimate of drug-likeness (QED) is 0.779. The molecular formula is C13H19N3O2. The third-order valence-electron chi connectivity index (χ3n) is 3.30. The van der Waals surface area contributed by atoms with Gasteiger partial charge in [0.1, 0.15) is 5.82 Å². The van der Waals surface area contributed by atoms with Crippen LogP contribution in [0.15, 0.2) is 12.3 Å². The molecule has 1 fully saturated rings. The molecule has 0 saturated carbocycles. The number of hydrogen-bond acceptors (Lipinski definition) is 5. The van der Waals surface area contributed by atoms with Crippen LogP contribution >= 0.6 is 0 Å². The van der Waals surface area contributed by atoms with Gasteiger partial charge in [0.2, 0.25) is 0 Å². The number of nitrogens with zero attached hydrogens (tertiary/aromatic N) is 3. The lowest BCUT2D eigenvalue weighted by molar-refractivity contribution is 0.112. The summed E-state index contributed by atoms with van der Waals surface area (Å²) in [6.45, 7) is 6.64. The standard InChI is InChI=1S/C13H19N3O2/c1-11-8-12(10-18)9-14-13(11)16-4-2-15(3-5-16)6-7-17/h8-10,17H,2-7H2,1H3. The average molecular weight is 249 g/mol. The molecule has 5 nitrogen and oxygen atoms in total. The van der Waals surface area contributed by atoms with Gasteiger partial charge in [0.25, 0.3) is 0 Å². The zero-order valence-corrected chi connectivity index (χ0v) is 10.7. The molecule has 1 aliphatic rings. The van der Waals surface area contributed by atoms with Gasteiger partial charge in [-0.05, 0) is 18.6 Å². The maximum atomic E-state index is 10.7. The Balaban J connectivity index is 2.03. The number of carbonyl (C=O) groups is 1. The van der Waals surface area contributed by atoms with E-state index < -0.39 is 0 Å². The fraction of sp³-hybridized carbons (Fsp3) is 0.538. The van der Waals surface area contributed by atoms with E-state index in [1.165, 1.54) is 0 Å². The summed E-state index contributed by atoms with van der Waals surface area (Å²) in [6.07, 6.45) is 2.44. The number of rotatable bonds is 4. The lowest BCUT2D eigenvalue weighted by atomic mass is 10.2. The molecule has 0 radical (unpaired) electrons. The van der Waals surface area contributed by atoms with Gasteiger partial charge in [-0.1, -0.05) is 0 Å². The van der Waals surface area contributed by atoms with E-state index in [4.69, 9.17) is 5.11 Å². The Morgan fingerprint density at radius 3 is 2.67 bits per heavy atom. The van der Waals surface area contributed by atoms with Crippen molar-refractivity contribution < 1.29 is 9.90 Å². The van der Waals surface area contributed by atoms with E-state index >= 15 is 0 Å². The number of carbonyl (C=O) groups excluding carboxylic acids is 1. The van der Waals surface area contributed by atoms with Crippen LogP contribution in [0.3, 0.4) is 0 Å². The number of β-amino-alcohol motifs (C(OH)–C–C–N with tert-alkyl or cyclic N) is 1. The van der Waals surface area contributed by atoms with Gasteiger partial charge in [-0.15, -0.1) is 0 Å². The second-order valence-electron chi connectivity index (χ2n) is 4.58. The Morgan fingerprint density at radius 2 is 2.11 bits per heavy atom. The average Bonchev–Trinajstić information content (AvgIpc) is 2.40. The molecule has 0 aromatic carbocycles. The Morgan fingerprint density at radius 1 is 1.39 bits per heavy atom. The smallest absolute Gasteiger partial charge is 0.151 e. The van der Waals surface area contributed by atoms with Crippen molar-refractivity contribution in [1.82, 2.24) is 9.88 Å². The zero-order chi connectivity index (χ0) is 13.0. The van der Waals surface area contributed by atoms with Gasteiger partial charge in [-0.2, -0.15) is 0 Å². The third kappa shape index (κ3) is 2.86. The summed E-state index contributed by atoms with van der Waals surface area (Å²) in [6, 6.07) is 1.87. The molecule has 18 heavy (non-hydrogen) atoms. The van der Waals surface area contributed by atoms with Gasteiger partial charge in [-0.25, -0.2) is 4.98 Å². The number of hydrogen-bond donors (Lipinski definition) is 1. The third-order valence-corrected chi connectivity index (χ3v) is 3.30. The molecule has 1 saturated heterocycles. The van der Waals surface area contributed by atoms with E-state index in [0.29, 0.717) is 5.56 Å². The minimum Gasteiger partial charge on any atom is -0.395 e. The van der Waals surface area contributed by atoms with Crippen LogP contribution in [-0.2, 0) is 0 Å². The van der Waals surface area contributed by atoms with Crippen molar-refractivity contribution in [2.75, 3.05) is 44.2 Å². The van der Waals surface area contributed by atoms with Gasteiger partial charge in [-0.3, -0.25) is 9.69 Å². The fourth-order valence-electron chi connectivity index (χ4n) is 2.31. The van der Waals surface area contributed by atoms with Crippen molar-refractivity contribution in [3.63, 3.8) is 0 Å². The molecule has 0 spiro atoms. The molecule has 1 aromatic rings. The number of anilines is 1. The maximum Gasteiger partial charge on any atom is 0.151 e. The van der Waals surface area contributed by atoms with Crippen LogP contribution in [0.4, 0.5) is 5.82 Å². The molecule has 2 rings (SSSR count). The predicted octanol–water partition coefficient (Wildman–Crippen LogP) is 0.317. The molecule has 1 aliphatic heterocycles. The Hall–Kier alpha value is -1.46. The first-order chi connectivity index (χ1) is 8.74. The monoisotopic (exact) mass is 249 g/mol. The topological polar surface area (TPSA) is 56.7 Å². The summed E-state index contributed by atoms with van der Waals surface area (Å²) in [7, 11) is 0. The van der Waals surface area contributed by atoms with Gasteiger partial charge in [0.05, 0.1) is 6.61 Å². The molecule has 0 amide bonds. The fourth-order valence-corrected chi connectivity index (χ4v) is 2.31. The molecule has 1 N–H and O–H groups in total. The van der Waals surface area contributed by atoms with E-state index in [9.17, 15) is 4.79 Å². The van der Waals surface area contributed by atoms with E-state index in [-0.39, 0.29) is 6.61 Å². The molecule has 0 aliphatic carbocycles. The largest absolute Gasteiger partial charge is 0.395 e. The Kier molecular flexibility index (Phi) is 4.28. The highest BCUT2D eigenvalue weighted by Gasteiger charge is 2.18. The van der Waals surface area contributed by atoms with Crippen LogP contribution in [0.25, 0.3) is 0 Å². The van der Waals surface area contributed by atoms with Gasteiger partial charge in [0.15, 0.2) is 6.29 Å². The van der Waals surface area contributed by atoms with Crippen LogP contribution in [-0.4, -0.2) is 60.6 Å². The number of pyridine rings is 1. The molecule has 0 unspecified atom stereocenters. The summed E-state index contributed by atoms with van der Waals surface area (Å²) in [5, 5.41) is 8.90. The zero-order valence-electron chi connectivity index (χ0n) is 10.7. The number of piperazine rings is 1. The highest BCUT2D eigenvalue weighted by Crippen LogP contribution is 2.18. The molecule has 5 heteroatoms. The van der Waals surface area contributed by atoms with Gasteiger partial charge in [0, 0.05) is 44.5 Å². The van der Waals surface area contributed by atoms with Gasteiger partial charge < -0.3 is 10.0 Å². The van der Waals surface area contributed by atoms with E-state index in [1.807, 2.05) is 13.0 Å². The van der Waals surface area contributed by atoms with Crippen LogP contribution < -0.4 is 4.90 Å². The summed E-state index contributed by atoms with van der Waals surface area (Å²) in [5.74, 6) is 0.962. The summed E-state index contributed by atoms with van der Waals surface area (Å²) in [5.41, 5.74) is 1.66. The lowest BCUT2D eigenvalue weighted by Crippen LogP contribution is -2.47. The SMILES string of the molecule is Cc1cc(C=O)cnc1N1CCN(CCO)CC1. The summed E-state index contributed by atoms with van der Waals surface area (Å²) in [4.78, 5) is 19.5. The van der Waals surface area contributed by atoms with Crippen molar-refractivity contribution in [2.45, 2.75) is 6.92 Å². The lowest BCUT2D eigenvalue weighted by Gasteiger charge is -2.35. The van der Waals surface area contributed by atoms with Crippen LogP contribution in [0, 0.1) is 6.92 Å². The first-order valence-corrected chi connectivity index (χ1v) is 6.24. The highest BCUT2D eigenvalue weighted by atomic mass is 16.3. The summed E-state index contributed by atoms with van der Waals surface area (Å²) >= 11 is 0. The van der Waals surface area contributed by atoms with E-state index in [1.54, 1.807) is 6.20 Å². The van der Waals surface area contributed by atoms with E-state index in [2.05, 4.69) is 14.8 Å². The molecule has 1 aromatic heterocycles. The second kappa shape index (κ2) is 5.93. The van der Waals surface area contributed by atoms with Gasteiger partial charge >= 0.3 is 0 Å². The number of aliphatic hydroxyl groups excluding tert-OH is 1. The van der Waals surface area contributed by atoms with Crippen LogP contribution in [0.1, 0.15) is 15.9 Å². The van der Waals surface area contributed by atoms with Crippen LogP contribution in [0.5, 0.6) is 0 Å². The minimum atomic E-state index is 0.214. The normalized spacial score (nSPS) is 16.9. The number of aldehydes is 1. The molecule has 0 atom stereocenters. The molecule has 0 bridgehead atoms. The molecular weight excluding hydrogens is 230 g/mol. The highest BCUT2D eigenvalue weighted by molar-refractivity contribution is 5.75. The maximum absolute atomic E-state index is 10.7. The number of aliphatic hydroxyl groups is 1. The first-order valence-electron chi connectivity index (χ1n) is 6.24. The first kappa shape index (κ1) is 13.0.